The average Bonchev–Trinajstić information content (AvgIpc) is 3.20. The lowest BCUT2D eigenvalue weighted by atomic mass is 10.2. The molecule has 21 heavy (non-hydrogen) atoms. The zero-order chi connectivity index (χ0) is 14.7. The average molecular weight is 307 g/mol. The Morgan fingerprint density at radius 1 is 1.62 bits per heavy atom. The first kappa shape index (κ1) is 14.2. The Labute approximate surface area is 126 Å². The van der Waals surface area contributed by atoms with Gasteiger partial charge in [0, 0.05) is 18.0 Å². The number of rotatable bonds is 5. The van der Waals surface area contributed by atoms with Crippen LogP contribution in [-0.4, -0.2) is 34.2 Å². The van der Waals surface area contributed by atoms with Crippen LogP contribution in [0.3, 0.4) is 0 Å². The van der Waals surface area contributed by atoms with Crippen LogP contribution < -0.4 is 0 Å². The van der Waals surface area contributed by atoms with Gasteiger partial charge in [-0.3, -0.25) is 4.90 Å². The largest absolute Gasteiger partial charge is 0.461 e. The third kappa shape index (κ3) is 3.14. The second-order valence-electron chi connectivity index (χ2n) is 4.91. The fourth-order valence-electron chi connectivity index (χ4n) is 2.56. The molecule has 0 radical (unpaired) electrons. The van der Waals surface area contributed by atoms with Crippen LogP contribution >= 0.6 is 11.3 Å². The number of esters is 1. The lowest BCUT2D eigenvalue weighted by Gasteiger charge is -2.21. The molecule has 1 aliphatic heterocycles. The van der Waals surface area contributed by atoms with Crippen molar-refractivity contribution in [2.45, 2.75) is 32.4 Å². The second kappa shape index (κ2) is 6.36. The first-order chi connectivity index (χ1) is 10.3. The Morgan fingerprint density at radius 3 is 3.29 bits per heavy atom. The number of nitrogens with zero attached hydrogens (tertiary/aromatic N) is 3. The number of aromatic nitrogens is 2. The van der Waals surface area contributed by atoms with E-state index in [0.29, 0.717) is 12.3 Å². The van der Waals surface area contributed by atoms with Crippen molar-refractivity contribution in [3.63, 3.8) is 0 Å². The summed E-state index contributed by atoms with van der Waals surface area (Å²) in [5.41, 5.74) is 1.33. The van der Waals surface area contributed by atoms with E-state index in [4.69, 9.17) is 9.26 Å². The van der Waals surface area contributed by atoms with Crippen molar-refractivity contribution in [1.29, 1.82) is 0 Å². The van der Waals surface area contributed by atoms with Crippen molar-refractivity contribution in [3.8, 4) is 0 Å². The summed E-state index contributed by atoms with van der Waals surface area (Å²) in [7, 11) is 0. The lowest BCUT2D eigenvalue weighted by molar-refractivity contribution is 0.0520. The number of hydrogen-bond donors (Lipinski definition) is 0. The second-order valence-corrected chi connectivity index (χ2v) is 5.80. The van der Waals surface area contributed by atoms with Crippen LogP contribution in [-0.2, 0) is 11.3 Å². The summed E-state index contributed by atoms with van der Waals surface area (Å²) >= 11 is 1.52. The van der Waals surface area contributed by atoms with E-state index in [0.717, 1.165) is 36.6 Å². The molecule has 7 heteroatoms. The Morgan fingerprint density at radius 2 is 2.52 bits per heavy atom. The van der Waals surface area contributed by atoms with Crippen molar-refractivity contribution in [2.24, 2.45) is 0 Å². The minimum atomic E-state index is -0.346. The van der Waals surface area contributed by atoms with Gasteiger partial charge in [0.2, 0.25) is 0 Å². The van der Waals surface area contributed by atoms with Crippen LogP contribution in [0.5, 0.6) is 0 Å². The normalized spacial score (nSPS) is 19.0. The van der Waals surface area contributed by atoms with E-state index in [1.807, 2.05) is 6.07 Å². The van der Waals surface area contributed by atoms with Gasteiger partial charge in [0.15, 0.2) is 5.69 Å². The zero-order valence-electron chi connectivity index (χ0n) is 11.8. The highest BCUT2D eigenvalue weighted by Crippen LogP contribution is 2.34. The van der Waals surface area contributed by atoms with E-state index in [-0.39, 0.29) is 12.0 Å². The molecule has 2 aromatic heterocycles. The first-order valence-corrected chi connectivity index (χ1v) is 7.91. The maximum Gasteiger partial charge on any atom is 0.357 e. The van der Waals surface area contributed by atoms with Crippen LogP contribution in [0, 0.1) is 0 Å². The molecule has 3 heterocycles. The smallest absolute Gasteiger partial charge is 0.357 e. The fraction of sp³-hybridized carbons (Fsp3) is 0.500. The molecule has 0 N–H and O–H groups in total. The molecule has 3 rings (SSSR count). The van der Waals surface area contributed by atoms with Gasteiger partial charge in [0.25, 0.3) is 0 Å². The maximum absolute atomic E-state index is 11.7. The SMILES string of the molecule is CCOC(=O)c1csc([C@H]2CCCN2Cc2ccon2)n1. The number of carbonyl (C=O) groups is 1. The van der Waals surface area contributed by atoms with Gasteiger partial charge in [-0.2, -0.15) is 0 Å². The maximum atomic E-state index is 11.7. The molecule has 0 amide bonds. The minimum absolute atomic E-state index is 0.245. The molecule has 0 bridgehead atoms. The first-order valence-electron chi connectivity index (χ1n) is 7.03. The van der Waals surface area contributed by atoms with Gasteiger partial charge in [-0.1, -0.05) is 5.16 Å². The molecular weight excluding hydrogens is 290 g/mol. The molecule has 1 fully saturated rings. The number of likely N-dealkylation sites (tertiary alicyclic amines) is 1. The summed E-state index contributed by atoms with van der Waals surface area (Å²) in [6, 6.07) is 2.12. The molecule has 6 nitrogen and oxygen atoms in total. The van der Waals surface area contributed by atoms with Crippen LogP contribution in [0.2, 0.25) is 0 Å². The molecule has 112 valence electrons. The lowest BCUT2D eigenvalue weighted by Crippen LogP contribution is -2.23. The Balaban J connectivity index is 1.71. The van der Waals surface area contributed by atoms with Gasteiger partial charge in [0.05, 0.1) is 18.3 Å². The molecule has 0 saturated carbocycles. The fourth-order valence-corrected chi connectivity index (χ4v) is 3.52. The van der Waals surface area contributed by atoms with Gasteiger partial charge >= 0.3 is 5.97 Å². The summed E-state index contributed by atoms with van der Waals surface area (Å²) in [6.07, 6.45) is 3.76. The molecule has 2 aromatic rings. The Hall–Kier alpha value is -1.73. The molecule has 1 saturated heterocycles. The molecule has 1 aliphatic rings. The summed E-state index contributed by atoms with van der Waals surface area (Å²) in [5, 5.41) is 6.71. The van der Waals surface area contributed by atoms with Gasteiger partial charge in [-0.25, -0.2) is 9.78 Å². The highest BCUT2D eigenvalue weighted by molar-refractivity contribution is 7.09. The van der Waals surface area contributed by atoms with Crippen molar-refractivity contribution in [1.82, 2.24) is 15.0 Å². The third-order valence-corrected chi connectivity index (χ3v) is 4.46. The molecular formula is C14H17N3O3S. The van der Waals surface area contributed by atoms with Crippen LogP contribution in [0.25, 0.3) is 0 Å². The predicted octanol–water partition coefficient (Wildman–Crippen LogP) is 2.64. The highest BCUT2D eigenvalue weighted by Gasteiger charge is 2.29. The van der Waals surface area contributed by atoms with E-state index in [2.05, 4.69) is 15.0 Å². The molecule has 0 aliphatic carbocycles. The van der Waals surface area contributed by atoms with Crippen LogP contribution in [0.1, 0.15) is 47.0 Å². The van der Waals surface area contributed by atoms with Crippen molar-refractivity contribution in [2.75, 3.05) is 13.2 Å². The van der Waals surface area contributed by atoms with Crippen LogP contribution in [0.4, 0.5) is 0 Å². The molecule has 0 spiro atoms. The Bertz CT molecular complexity index is 596. The predicted molar refractivity (Wildman–Crippen MR) is 77.0 cm³/mol. The third-order valence-electron chi connectivity index (χ3n) is 3.51. The Kier molecular flexibility index (Phi) is 4.31. The zero-order valence-corrected chi connectivity index (χ0v) is 12.6. The number of ether oxygens (including phenoxy) is 1. The van der Waals surface area contributed by atoms with E-state index >= 15 is 0 Å². The van der Waals surface area contributed by atoms with Gasteiger partial charge in [0.1, 0.15) is 11.3 Å². The van der Waals surface area contributed by atoms with Crippen LogP contribution in [0.15, 0.2) is 22.2 Å². The van der Waals surface area contributed by atoms with E-state index in [1.165, 1.54) is 11.3 Å². The van der Waals surface area contributed by atoms with Crippen molar-refractivity contribution >= 4 is 17.3 Å². The highest BCUT2D eigenvalue weighted by atomic mass is 32.1. The van der Waals surface area contributed by atoms with E-state index < -0.39 is 0 Å². The van der Waals surface area contributed by atoms with E-state index in [9.17, 15) is 4.79 Å². The van der Waals surface area contributed by atoms with Gasteiger partial charge in [-0.15, -0.1) is 11.3 Å². The minimum Gasteiger partial charge on any atom is -0.461 e. The monoisotopic (exact) mass is 307 g/mol. The molecule has 0 aromatic carbocycles. The quantitative estimate of drug-likeness (QED) is 0.791. The number of hydrogen-bond acceptors (Lipinski definition) is 7. The van der Waals surface area contributed by atoms with Gasteiger partial charge < -0.3 is 9.26 Å². The molecule has 1 atom stereocenters. The topological polar surface area (TPSA) is 68.5 Å². The van der Waals surface area contributed by atoms with Gasteiger partial charge in [-0.05, 0) is 26.3 Å². The number of thiazole rings is 1. The summed E-state index contributed by atoms with van der Waals surface area (Å²) in [4.78, 5) is 18.5. The molecule has 0 unspecified atom stereocenters. The van der Waals surface area contributed by atoms with Crippen molar-refractivity contribution in [3.05, 3.63) is 34.1 Å². The number of carbonyl (C=O) groups excluding carboxylic acids is 1. The summed E-state index contributed by atoms with van der Waals surface area (Å²) < 4.78 is 9.86. The summed E-state index contributed by atoms with van der Waals surface area (Å²) in [6.45, 7) is 3.91. The van der Waals surface area contributed by atoms with E-state index in [1.54, 1.807) is 18.6 Å². The van der Waals surface area contributed by atoms with Crippen molar-refractivity contribution < 1.29 is 14.1 Å². The standard InChI is InChI=1S/C14H17N3O3S/c1-2-19-14(18)11-9-21-13(15-11)12-4-3-6-17(12)8-10-5-7-20-16-10/h5,7,9,12H,2-4,6,8H2,1H3/t12-/m1/s1. The summed E-state index contributed by atoms with van der Waals surface area (Å²) in [5.74, 6) is -0.346.